The van der Waals surface area contributed by atoms with Gasteiger partial charge < -0.3 is 10.5 Å². The molecule has 2 N–H and O–H groups in total. The summed E-state index contributed by atoms with van der Waals surface area (Å²) in [5.41, 5.74) is 6.73. The molecule has 5 nitrogen and oxygen atoms in total. The summed E-state index contributed by atoms with van der Waals surface area (Å²) in [6.07, 6.45) is 1.55. The third-order valence-corrected chi connectivity index (χ3v) is 2.53. The van der Waals surface area contributed by atoms with Crippen molar-refractivity contribution in [2.75, 3.05) is 6.61 Å². The lowest BCUT2D eigenvalue weighted by molar-refractivity contribution is 0.0967. The highest BCUT2D eigenvalue weighted by atomic mass is 16.5. The number of hydrogen-bond acceptors (Lipinski definition) is 3. The number of carbonyl (C=O) groups excluding carboxylic acids is 1. The van der Waals surface area contributed by atoms with Crippen LogP contribution in [0, 0.1) is 0 Å². The van der Waals surface area contributed by atoms with Crippen LogP contribution < -0.4 is 5.73 Å². The molecule has 1 amide bonds. The van der Waals surface area contributed by atoms with Gasteiger partial charge in [0.15, 0.2) is 0 Å². The van der Waals surface area contributed by atoms with Gasteiger partial charge in [-0.15, -0.1) is 0 Å². The van der Waals surface area contributed by atoms with E-state index in [9.17, 15) is 4.79 Å². The van der Waals surface area contributed by atoms with Gasteiger partial charge in [0.2, 0.25) is 0 Å². The van der Waals surface area contributed by atoms with E-state index in [4.69, 9.17) is 10.5 Å². The summed E-state index contributed by atoms with van der Waals surface area (Å²) in [6, 6.07) is 11.5. The average Bonchev–Trinajstić information content (AvgIpc) is 2.84. The van der Waals surface area contributed by atoms with Crippen molar-refractivity contribution < 1.29 is 9.53 Å². The fraction of sp³-hybridized carbons (Fsp3) is 0.231. The molecule has 0 saturated heterocycles. The van der Waals surface area contributed by atoms with Crippen LogP contribution in [-0.4, -0.2) is 22.3 Å². The quantitative estimate of drug-likeness (QED) is 0.777. The SMILES string of the molecule is NC(=O)c1ccnn1CCOCc1ccccc1. The number of carbonyl (C=O) groups is 1. The molecular weight excluding hydrogens is 230 g/mol. The number of nitrogens with zero attached hydrogens (tertiary/aromatic N) is 2. The molecule has 0 aliphatic heterocycles. The van der Waals surface area contributed by atoms with E-state index in [1.165, 1.54) is 0 Å². The summed E-state index contributed by atoms with van der Waals surface area (Å²) in [7, 11) is 0. The van der Waals surface area contributed by atoms with Gasteiger partial charge in [-0.25, -0.2) is 0 Å². The number of hydrogen-bond donors (Lipinski definition) is 1. The molecule has 0 unspecified atom stereocenters. The van der Waals surface area contributed by atoms with Crippen molar-refractivity contribution in [3.8, 4) is 0 Å². The van der Waals surface area contributed by atoms with Crippen molar-refractivity contribution in [1.82, 2.24) is 9.78 Å². The van der Waals surface area contributed by atoms with Gasteiger partial charge in [0.05, 0.1) is 19.8 Å². The van der Waals surface area contributed by atoms with E-state index in [0.29, 0.717) is 25.5 Å². The van der Waals surface area contributed by atoms with Crippen LogP contribution in [0.1, 0.15) is 16.1 Å². The van der Waals surface area contributed by atoms with Gasteiger partial charge in [0.25, 0.3) is 5.91 Å². The molecule has 0 saturated carbocycles. The standard InChI is InChI=1S/C13H15N3O2/c14-13(17)12-6-7-15-16(12)8-9-18-10-11-4-2-1-3-5-11/h1-7H,8-10H2,(H2,14,17). The zero-order valence-electron chi connectivity index (χ0n) is 9.95. The largest absolute Gasteiger partial charge is 0.375 e. The summed E-state index contributed by atoms with van der Waals surface area (Å²) in [5, 5.41) is 4.02. The highest BCUT2D eigenvalue weighted by molar-refractivity contribution is 5.90. The lowest BCUT2D eigenvalue weighted by Gasteiger charge is -2.06. The average molecular weight is 245 g/mol. The van der Waals surface area contributed by atoms with E-state index in [1.54, 1.807) is 16.9 Å². The van der Waals surface area contributed by atoms with Crippen molar-refractivity contribution in [1.29, 1.82) is 0 Å². The second-order valence-corrected chi connectivity index (χ2v) is 3.84. The van der Waals surface area contributed by atoms with Gasteiger partial charge in [0.1, 0.15) is 5.69 Å². The molecule has 0 aliphatic carbocycles. The van der Waals surface area contributed by atoms with Gasteiger partial charge in [0, 0.05) is 6.20 Å². The summed E-state index contributed by atoms with van der Waals surface area (Å²) >= 11 is 0. The number of amides is 1. The topological polar surface area (TPSA) is 70.1 Å². The fourth-order valence-corrected chi connectivity index (χ4v) is 1.64. The monoisotopic (exact) mass is 245 g/mol. The third-order valence-electron chi connectivity index (χ3n) is 2.53. The molecule has 0 bridgehead atoms. The summed E-state index contributed by atoms with van der Waals surface area (Å²) in [6.45, 7) is 1.54. The molecule has 0 spiro atoms. The Morgan fingerprint density at radius 3 is 2.78 bits per heavy atom. The molecule has 0 fully saturated rings. The first-order valence-corrected chi connectivity index (χ1v) is 5.70. The smallest absolute Gasteiger partial charge is 0.266 e. The third kappa shape index (κ3) is 3.18. The molecule has 2 aromatic rings. The van der Waals surface area contributed by atoms with Crippen molar-refractivity contribution in [2.45, 2.75) is 13.2 Å². The van der Waals surface area contributed by atoms with Crippen LogP contribution in [0.15, 0.2) is 42.6 Å². The van der Waals surface area contributed by atoms with Gasteiger partial charge in [-0.3, -0.25) is 9.48 Å². The molecule has 1 aromatic heterocycles. The number of nitrogens with two attached hydrogens (primary N) is 1. The maximum absolute atomic E-state index is 11.1. The normalized spacial score (nSPS) is 10.4. The lowest BCUT2D eigenvalue weighted by atomic mass is 10.2. The minimum Gasteiger partial charge on any atom is -0.375 e. The van der Waals surface area contributed by atoms with E-state index in [2.05, 4.69) is 5.10 Å². The Balaban J connectivity index is 1.79. The molecule has 5 heteroatoms. The van der Waals surface area contributed by atoms with Crippen LogP contribution in [-0.2, 0) is 17.9 Å². The number of primary amides is 1. The van der Waals surface area contributed by atoms with E-state index in [-0.39, 0.29) is 0 Å². The predicted octanol–water partition coefficient (Wildman–Crippen LogP) is 1.20. The zero-order chi connectivity index (χ0) is 12.8. The minimum atomic E-state index is -0.476. The fourth-order valence-electron chi connectivity index (χ4n) is 1.64. The summed E-state index contributed by atoms with van der Waals surface area (Å²) < 4.78 is 7.06. The first kappa shape index (κ1) is 12.3. The highest BCUT2D eigenvalue weighted by Gasteiger charge is 2.07. The Kier molecular flexibility index (Phi) is 4.09. The van der Waals surface area contributed by atoms with Crippen molar-refractivity contribution in [2.24, 2.45) is 5.73 Å². The Bertz CT molecular complexity index is 508. The van der Waals surface area contributed by atoms with Gasteiger partial charge in [-0.2, -0.15) is 5.10 Å². The highest BCUT2D eigenvalue weighted by Crippen LogP contribution is 2.01. The van der Waals surface area contributed by atoms with E-state index >= 15 is 0 Å². The molecule has 2 rings (SSSR count). The Morgan fingerprint density at radius 1 is 1.28 bits per heavy atom. The predicted molar refractivity (Wildman–Crippen MR) is 66.8 cm³/mol. The number of benzene rings is 1. The zero-order valence-corrected chi connectivity index (χ0v) is 9.95. The molecule has 1 heterocycles. The van der Waals surface area contributed by atoms with E-state index in [0.717, 1.165) is 5.56 Å². The second kappa shape index (κ2) is 5.97. The molecule has 0 aliphatic rings. The van der Waals surface area contributed by atoms with Crippen molar-refractivity contribution >= 4 is 5.91 Å². The summed E-state index contributed by atoms with van der Waals surface area (Å²) in [5.74, 6) is -0.476. The number of ether oxygens (including phenoxy) is 1. The van der Waals surface area contributed by atoms with E-state index in [1.807, 2.05) is 30.3 Å². The lowest BCUT2D eigenvalue weighted by Crippen LogP contribution is -2.19. The first-order chi connectivity index (χ1) is 8.77. The van der Waals surface area contributed by atoms with E-state index < -0.39 is 5.91 Å². The van der Waals surface area contributed by atoms with Crippen LogP contribution in [0.2, 0.25) is 0 Å². The Morgan fingerprint density at radius 2 is 2.06 bits per heavy atom. The first-order valence-electron chi connectivity index (χ1n) is 5.70. The molecule has 94 valence electrons. The van der Waals surface area contributed by atoms with Gasteiger partial charge >= 0.3 is 0 Å². The van der Waals surface area contributed by atoms with Crippen molar-refractivity contribution in [3.63, 3.8) is 0 Å². The molecule has 18 heavy (non-hydrogen) atoms. The van der Waals surface area contributed by atoms with Crippen LogP contribution in [0.25, 0.3) is 0 Å². The molecule has 0 radical (unpaired) electrons. The van der Waals surface area contributed by atoms with Crippen LogP contribution in [0.3, 0.4) is 0 Å². The number of rotatable bonds is 6. The Labute approximate surface area is 105 Å². The molecule has 1 aromatic carbocycles. The van der Waals surface area contributed by atoms with Gasteiger partial charge in [-0.05, 0) is 11.6 Å². The van der Waals surface area contributed by atoms with Crippen LogP contribution in [0.5, 0.6) is 0 Å². The summed E-state index contributed by atoms with van der Waals surface area (Å²) in [4.78, 5) is 11.1. The van der Waals surface area contributed by atoms with Crippen LogP contribution in [0.4, 0.5) is 0 Å². The Hall–Kier alpha value is -2.14. The maximum Gasteiger partial charge on any atom is 0.266 e. The number of aromatic nitrogens is 2. The molecular formula is C13H15N3O2. The molecule has 0 atom stereocenters. The van der Waals surface area contributed by atoms with Gasteiger partial charge in [-0.1, -0.05) is 30.3 Å². The minimum absolute atomic E-state index is 0.401. The second-order valence-electron chi connectivity index (χ2n) is 3.84. The van der Waals surface area contributed by atoms with Crippen molar-refractivity contribution in [3.05, 3.63) is 53.9 Å². The maximum atomic E-state index is 11.1. The van der Waals surface area contributed by atoms with Crippen LogP contribution >= 0.6 is 0 Å².